The van der Waals surface area contributed by atoms with Crippen molar-refractivity contribution in [2.75, 3.05) is 0 Å². The molecule has 0 heterocycles. The zero-order chi connectivity index (χ0) is 12.6. The second kappa shape index (κ2) is 4.42. The van der Waals surface area contributed by atoms with Crippen molar-refractivity contribution < 1.29 is 9.90 Å². The number of aryl methyl sites for hydroxylation is 1. The third-order valence-electron chi connectivity index (χ3n) is 3.78. The number of aliphatic carboxylic acids is 1. The first-order valence-electron chi connectivity index (χ1n) is 5.72. The third-order valence-corrected chi connectivity index (χ3v) is 4.28. The summed E-state index contributed by atoms with van der Waals surface area (Å²) < 4.78 is 1.03. The minimum Gasteiger partial charge on any atom is -0.481 e. The molecule has 0 saturated heterocycles. The molecule has 1 aliphatic carbocycles. The second-order valence-electron chi connectivity index (χ2n) is 4.82. The summed E-state index contributed by atoms with van der Waals surface area (Å²) in [5, 5.41) is 9.10. The fourth-order valence-electron chi connectivity index (χ4n) is 2.83. The number of nitrogens with two attached hydrogens (primary N) is 1. The molecule has 0 amide bonds. The Labute approximate surface area is 109 Å². The van der Waals surface area contributed by atoms with Gasteiger partial charge < -0.3 is 10.8 Å². The summed E-state index contributed by atoms with van der Waals surface area (Å²) in [7, 11) is 0. The van der Waals surface area contributed by atoms with Gasteiger partial charge in [-0.1, -0.05) is 22.0 Å². The second-order valence-corrected chi connectivity index (χ2v) is 5.73. The number of halogens is 1. The molecule has 0 radical (unpaired) electrons. The molecular formula is C13H16BrNO2. The van der Waals surface area contributed by atoms with Crippen LogP contribution < -0.4 is 5.73 Å². The van der Waals surface area contributed by atoms with Crippen molar-refractivity contribution in [1.29, 1.82) is 0 Å². The third kappa shape index (κ3) is 2.11. The van der Waals surface area contributed by atoms with Crippen molar-refractivity contribution in [3.8, 4) is 0 Å². The highest BCUT2D eigenvalue weighted by molar-refractivity contribution is 9.10. The first-order valence-corrected chi connectivity index (χ1v) is 6.51. The van der Waals surface area contributed by atoms with E-state index >= 15 is 0 Å². The molecule has 0 fully saturated rings. The van der Waals surface area contributed by atoms with Crippen LogP contribution in [0.25, 0.3) is 0 Å². The lowest BCUT2D eigenvalue weighted by atomic mass is 9.73. The molecule has 4 heteroatoms. The van der Waals surface area contributed by atoms with Crippen LogP contribution in [0.2, 0.25) is 0 Å². The molecule has 2 atom stereocenters. The lowest BCUT2D eigenvalue weighted by Crippen LogP contribution is -2.43. The molecule has 2 unspecified atom stereocenters. The lowest BCUT2D eigenvalue weighted by Gasteiger charge is -2.33. The van der Waals surface area contributed by atoms with Gasteiger partial charge in [-0.2, -0.15) is 0 Å². The molecule has 3 nitrogen and oxygen atoms in total. The number of benzene rings is 1. The summed E-state index contributed by atoms with van der Waals surface area (Å²) in [4.78, 5) is 11.1. The number of fused-ring (bicyclic) bond motifs is 1. The standard InChI is InChI=1S/C13H16BrNO2/c1-8(15)13(7-12(16)17)5-4-9-6-10(14)2-3-11(9)13/h2-3,6,8H,4-5,7,15H2,1H3,(H,16,17). The molecule has 17 heavy (non-hydrogen) atoms. The normalized spacial score (nSPS) is 24.4. The molecule has 1 aromatic rings. The zero-order valence-corrected chi connectivity index (χ0v) is 11.3. The van der Waals surface area contributed by atoms with Crippen LogP contribution in [-0.2, 0) is 16.6 Å². The topological polar surface area (TPSA) is 63.3 Å². The average molecular weight is 298 g/mol. The van der Waals surface area contributed by atoms with Crippen LogP contribution in [0, 0.1) is 0 Å². The van der Waals surface area contributed by atoms with E-state index in [0.717, 1.165) is 22.9 Å². The minimum absolute atomic E-state index is 0.110. The van der Waals surface area contributed by atoms with Gasteiger partial charge in [0.2, 0.25) is 0 Å². The fourth-order valence-corrected chi connectivity index (χ4v) is 3.24. The van der Waals surface area contributed by atoms with Crippen LogP contribution >= 0.6 is 15.9 Å². The monoisotopic (exact) mass is 297 g/mol. The maximum absolute atomic E-state index is 11.1. The molecule has 1 aliphatic rings. The van der Waals surface area contributed by atoms with Crippen LogP contribution in [-0.4, -0.2) is 17.1 Å². The smallest absolute Gasteiger partial charge is 0.304 e. The van der Waals surface area contributed by atoms with Gasteiger partial charge in [0.1, 0.15) is 0 Å². The summed E-state index contributed by atoms with van der Waals surface area (Å²) in [5.74, 6) is -0.780. The van der Waals surface area contributed by atoms with E-state index in [-0.39, 0.29) is 12.5 Å². The number of hydrogen-bond donors (Lipinski definition) is 2. The molecule has 0 spiro atoms. The van der Waals surface area contributed by atoms with Crippen molar-refractivity contribution in [2.24, 2.45) is 5.73 Å². The summed E-state index contributed by atoms with van der Waals surface area (Å²) in [6.07, 6.45) is 1.84. The van der Waals surface area contributed by atoms with E-state index in [2.05, 4.69) is 22.0 Å². The summed E-state index contributed by atoms with van der Waals surface area (Å²) in [5.41, 5.74) is 7.99. The Kier molecular flexibility index (Phi) is 3.27. The Morgan fingerprint density at radius 3 is 2.94 bits per heavy atom. The number of hydrogen-bond acceptors (Lipinski definition) is 2. The summed E-state index contributed by atoms with van der Waals surface area (Å²) in [6.45, 7) is 1.90. The molecular weight excluding hydrogens is 282 g/mol. The van der Waals surface area contributed by atoms with Gasteiger partial charge in [-0.25, -0.2) is 0 Å². The molecule has 0 aromatic heterocycles. The SMILES string of the molecule is CC(N)C1(CC(=O)O)CCc2cc(Br)ccc21. The van der Waals surface area contributed by atoms with Crippen molar-refractivity contribution in [2.45, 2.75) is 37.6 Å². The Morgan fingerprint density at radius 2 is 2.35 bits per heavy atom. The van der Waals surface area contributed by atoms with E-state index in [9.17, 15) is 4.79 Å². The first-order chi connectivity index (χ1) is 7.95. The van der Waals surface area contributed by atoms with E-state index in [4.69, 9.17) is 10.8 Å². The predicted molar refractivity (Wildman–Crippen MR) is 70.0 cm³/mol. The Morgan fingerprint density at radius 1 is 1.65 bits per heavy atom. The minimum atomic E-state index is -0.780. The Balaban J connectivity index is 2.49. The number of carboxylic acid groups (broad SMARTS) is 1. The van der Waals surface area contributed by atoms with Crippen molar-refractivity contribution in [1.82, 2.24) is 0 Å². The van der Waals surface area contributed by atoms with Crippen LogP contribution in [0.15, 0.2) is 22.7 Å². The Bertz CT molecular complexity index is 459. The molecule has 1 aromatic carbocycles. The molecule has 92 valence electrons. The largest absolute Gasteiger partial charge is 0.481 e. The van der Waals surface area contributed by atoms with Gasteiger partial charge in [0.25, 0.3) is 0 Å². The van der Waals surface area contributed by atoms with Crippen LogP contribution in [0.3, 0.4) is 0 Å². The van der Waals surface area contributed by atoms with Crippen molar-refractivity contribution in [3.63, 3.8) is 0 Å². The molecule has 0 saturated carbocycles. The van der Waals surface area contributed by atoms with Crippen LogP contribution in [0.5, 0.6) is 0 Å². The van der Waals surface area contributed by atoms with Gasteiger partial charge in [-0.3, -0.25) is 4.79 Å². The number of rotatable bonds is 3. The van der Waals surface area contributed by atoms with E-state index in [1.54, 1.807) is 0 Å². The summed E-state index contributed by atoms with van der Waals surface area (Å²) >= 11 is 3.44. The van der Waals surface area contributed by atoms with Gasteiger partial charge in [0, 0.05) is 15.9 Å². The highest BCUT2D eigenvalue weighted by atomic mass is 79.9. The van der Waals surface area contributed by atoms with Gasteiger partial charge in [0.05, 0.1) is 6.42 Å². The van der Waals surface area contributed by atoms with Crippen LogP contribution in [0.4, 0.5) is 0 Å². The van der Waals surface area contributed by atoms with Gasteiger partial charge in [-0.15, -0.1) is 0 Å². The maximum Gasteiger partial charge on any atom is 0.304 e. The zero-order valence-electron chi connectivity index (χ0n) is 9.74. The van der Waals surface area contributed by atoms with Gasteiger partial charge in [0.15, 0.2) is 0 Å². The summed E-state index contributed by atoms with van der Waals surface area (Å²) in [6, 6.07) is 5.89. The van der Waals surface area contributed by atoms with Crippen molar-refractivity contribution >= 4 is 21.9 Å². The maximum atomic E-state index is 11.1. The molecule has 3 N–H and O–H groups in total. The highest BCUT2D eigenvalue weighted by Crippen LogP contribution is 2.44. The molecule has 2 rings (SSSR count). The van der Waals surface area contributed by atoms with E-state index in [1.807, 2.05) is 19.1 Å². The van der Waals surface area contributed by atoms with Crippen molar-refractivity contribution in [3.05, 3.63) is 33.8 Å². The molecule has 0 aliphatic heterocycles. The number of carbonyl (C=O) groups is 1. The lowest BCUT2D eigenvalue weighted by molar-refractivity contribution is -0.138. The van der Waals surface area contributed by atoms with E-state index in [0.29, 0.717) is 0 Å². The quantitative estimate of drug-likeness (QED) is 0.901. The Hall–Kier alpha value is -0.870. The molecule has 0 bridgehead atoms. The predicted octanol–water partition coefficient (Wildman–Crippen LogP) is 2.46. The fraction of sp³-hybridized carbons (Fsp3) is 0.462. The van der Waals surface area contributed by atoms with E-state index in [1.165, 1.54) is 5.56 Å². The van der Waals surface area contributed by atoms with E-state index < -0.39 is 11.4 Å². The number of carboxylic acids is 1. The highest BCUT2D eigenvalue weighted by Gasteiger charge is 2.43. The van der Waals surface area contributed by atoms with Crippen LogP contribution in [0.1, 0.15) is 30.9 Å². The van der Waals surface area contributed by atoms with Gasteiger partial charge >= 0.3 is 5.97 Å². The average Bonchev–Trinajstić information content (AvgIpc) is 2.57. The first kappa shape index (κ1) is 12.6. The van der Waals surface area contributed by atoms with Gasteiger partial charge in [-0.05, 0) is 43.0 Å².